The molecule has 2 aromatic rings. The summed E-state index contributed by atoms with van der Waals surface area (Å²) >= 11 is 16.3. The van der Waals surface area contributed by atoms with Crippen LogP contribution in [0.4, 0.5) is 0 Å². The van der Waals surface area contributed by atoms with Crippen LogP contribution in [-0.4, -0.2) is 11.5 Å². The van der Waals surface area contributed by atoms with Crippen molar-refractivity contribution >= 4 is 46.9 Å². The van der Waals surface area contributed by atoms with Crippen molar-refractivity contribution in [1.82, 2.24) is 9.71 Å². The smallest absolute Gasteiger partial charge is 0.0833 e. The summed E-state index contributed by atoms with van der Waals surface area (Å²) in [6, 6.07) is 3.89. The molecule has 0 amide bonds. The molecule has 0 spiro atoms. The number of hydrogen-bond acceptors (Lipinski definition) is 2. The molecule has 1 heterocycles. The molecule has 0 saturated carbocycles. The van der Waals surface area contributed by atoms with Crippen molar-refractivity contribution in [3.8, 4) is 0 Å². The predicted octanol–water partition coefficient (Wildman–Crippen LogP) is 4.58. The van der Waals surface area contributed by atoms with E-state index in [2.05, 4.69) is 36.4 Å². The highest BCUT2D eigenvalue weighted by Gasteiger charge is 2.16. The zero-order valence-corrected chi connectivity index (χ0v) is 12.8. The van der Waals surface area contributed by atoms with Gasteiger partial charge in [-0.15, -0.1) is 0 Å². The van der Waals surface area contributed by atoms with Gasteiger partial charge in [-0.05, 0) is 17.5 Å². The SMILES string of the molecule is CC(C)c1c(CCNS)[nH]c2c(Cl)c(Cl)ccc12. The van der Waals surface area contributed by atoms with Gasteiger partial charge in [0.1, 0.15) is 0 Å². The summed E-state index contributed by atoms with van der Waals surface area (Å²) in [4.78, 5) is 3.40. The van der Waals surface area contributed by atoms with Gasteiger partial charge in [-0.25, -0.2) is 0 Å². The quantitative estimate of drug-likeness (QED) is 0.709. The van der Waals surface area contributed by atoms with Crippen LogP contribution in [-0.2, 0) is 6.42 Å². The monoisotopic (exact) mass is 302 g/mol. The first-order valence-electron chi connectivity index (χ1n) is 5.91. The minimum Gasteiger partial charge on any atom is -0.357 e. The first-order valence-corrected chi connectivity index (χ1v) is 7.12. The van der Waals surface area contributed by atoms with Gasteiger partial charge in [-0.2, -0.15) is 0 Å². The fourth-order valence-electron chi connectivity index (χ4n) is 2.32. The maximum Gasteiger partial charge on any atom is 0.0833 e. The van der Waals surface area contributed by atoms with E-state index in [0.717, 1.165) is 23.9 Å². The molecule has 0 aliphatic heterocycles. The maximum atomic E-state index is 6.26. The summed E-state index contributed by atoms with van der Waals surface area (Å²) in [5.74, 6) is 0.436. The van der Waals surface area contributed by atoms with Gasteiger partial charge in [0.25, 0.3) is 0 Å². The number of aromatic nitrogens is 1. The number of H-pyrrole nitrogens is 1. The highest BCUT2D eigenvalue weighted by molar-refractivity contribution is 7.78. The molecular weight excluding hydrogens is 287 g/mol. The summed E-state index contributed by atoms with van der Waals surface area (Å²) in [6.07, 6.45) is 0.889. The van der Waals surface area contributed by atoms with Crippen LogP contribution in [0.25, 0.3) is 10.9 Å². The zero-order valence-electron chi connectivity index (χ0n) is 10.3. The molecule has 18 heavy (non-hydrogen) atoms. The van der Waals surface area contributed by atoms with Crippen molar-refractivity contribution in [2.75, 3.05) is 6.54 Å². The summed E-state index contributed by atoms with van der Waals surface area (Å²) in [7, 11) is 0. The Morgan fingerprint density at radius 1 is 1.33 bits per heavy atom. The number of hydrogen-bond donors (Lipinski definition) is 3. The lowest BCUT2D eigenvalue weighted by Crippen LogP contribution is -2.07. The first kappa shape index (κ1) is 14.1. The molecule has 0 atom stereocenters. The molecule has 2 nitrogen and oxygen atoms in total. The Labute approximate surface area is 123 Å². The van der Waals surface area contributed by atoms with E-state index in [0.29, 0.717) is 16.0 Å². The molecule has 2 N–H and O–H groups in total. The molecule has 5 heteroatoms. The molecule has 0 fully saturated rings. The number of halogens is 2. The second-order valence-corrected chi connectivity index (χ2v) is 5.72. The van der Waals surface area contributed by atoms with Crippen LogP contribution in [0.5, 0.6) is 0 Å². The maximum absolute atomic E-state index is 6.26. The van der Waals surface area contributed by atoms with Gasteiger partial charge >= 0.3 is 0 Å². The van der Waals surface area contributed by atoms with Crippen LogP contribution >= 0.6 is 36.0 Å². The Bertz CT molecular complexity index is 564. The number of aromatic amines is 1. The van der Waals surface area contributed by atoms with Crippen LogP contribution < -0.4 is 4.72 Å². The van der Waals surface area contributed by atoms with E-state index in [1.54, 1.807) is 0 Å². The van der Waals surface area contributed by atoms with Crippen LogP contribution in [0, 0.1) is 0 Å². The van der Waals surface area contributed by atoms with Crippen LogP contribution in [0.3, 0.4) is 0 Å². The molecule has 1 aromatic carbocycles. The predicted molar refractivity (Wildman–Crippen MR) is 83.1 cm³/mol. The molecule has 0 aliphatic rings. The normalized spacial score (nSPS) is 11.7. The lowest BCUT2D eigenvalue weighted by molar-refractivity contribution is 0.819. The van der Waals surface area contributed by atoms with E-state index in [4.69, 9.17) is 23.2 Å². The lowest BCUT2D eigenvalue weighted by atomic mass is 9.98. The molecule has 0 unspecified atom stereocenters. The Morgan fingerprint density at radius 3 is 2.67 bits per heavy atom. The molecule has 0 radical (unpaired) electrons. The summed E-state index contributed by atoms with van der Waals surface area (Å²) in [5.41, 5.74) is 3.44. The second-order valence-electron chi connectivity index (χ2n) is 4.61. The van der Waals surface area contributed by atoms with Crippen molar-refractivity contribution in [2.45, 2.75) is 26.2 Å². The summed E-state index contributed by atoms with van der Waals surface area (Å²) in [5, 5.41) is 2.34. The van der Waals surface area contributed by atoms with Crippen LogP contribution in [0.2, 0.25) is 10.0 Å². The Hall–Kier alpha value is -0.350. The summed E-state index contributed by atoms with van der Waals surface area (Å²) < 4.78 is 2.87. The van der Waals surface area contributed by atoms with E-state index in [-0.39, 0.29) is 0 Å². The standard InChI is InChI=1S/C13H16Cl2N2S/c1-7(2)11-8-3-4-9(14)12(15)13(8)17-10(11)5-6-16-18/h3-4,7,16-18H,5-6H2,1-2H3. The van der Waals surface area contributed by atoms with Gasteiger partial charge in [0.2, 0.25) is 0 Å². The third-order valence-corrected chi connectivity index (χ3v) is 4.08. The fourth-order valence-corrected chi connectivity index (χ4v) is 2.80. The highest BCUT2D eigenvalue weighted by Crippen LogP contribution is 2.36. The van der Waals surface area contributed by atoms with Crippen molar-refractivity contribution in [3.63, 3.8) is 0 Å². The van der Waals surface area contributed by atoms with Gasteiger partial charge in [0, 0.05) is 24.0 Å². The first-order chi connectivity index (χ1) is 8.56. The number of fused-ring (bicyclic) bond motifs is 1. The highest BCUT2D eigenvalue weighted by atomic mass is 35.5. The van der Waals surface area contributed by atoms with Gasteiger partial charge in [0.15, 0.2) is 0 Å². The van der Waals surface area contributed by atoms with E-state index in [1.807, 2.05) is 12.1 Å². The minimum atomic E-state index is 0.436. The van der Waals surface area contributed by atoms with E-state index < -0.39 is 0 Å². The number of rotatable bonds is 4. The average Bonchev–Trinajstić information content (AvgIpc) is 2.70. The molecule has 0 aliphatic carbocycles. The van der Waals surface area contributed by atoms with Crippen molar-refractivity contribution in [2.24, 2.45) is 0 Å². The minimum absolute atomic E-state index is 0.436. The van der Waals surface area contributed by atoms with Crippen molar-refractivity contribution in [3.05, 3.63) is 33.4 Å². The number of nitrogens with one attached hydrogen (secondary N) is 2. The van der Waals surface area contributed by atoms with Crippen molar-refractivity contribution in [1.29, 1.82) is 0 Å². The molecule has 98 valence electrons. The van der Waals surface area contributed by atoms with E-state index in [9.17, 15) is 0 Å². The zero-order chi connectivity index (χ0) is 13.3. The third-order valence-electron chi connectivity index (χ3n) is 3.05. The largest absolute Gasteiger partial charge is 0.357 e. The number of thiol groups is 1. The van der Waals surface area contributed by atoms with E-state index in [1.165, 1.54) is 11.3 Å². The Kier molecular flexibility index (Phi) is 4.49. The second kappa shape index (κ2) is 5.74. The van der Waals surface area contributed by atoms with Gasteiger partial charge in [-0.1, -0.05) is 55.9 Å². The topological polar surface area (TPSA) is 27.8 Å². The summed E-state index contributed by atoms with van der Waals surface area (Å²) in [6.45, 7) is 5.17. The van der Waals surface area contributed by atoms with Crippen LogP contribution in [0.1, 0.15) is 31.0 Å². The molecule has 1 aromatic heterocycles. The Morgan fingerprint density at radius 2 is 2.06 bits per heavy atom. The van der Waals surface area contributed by atoms with Gasteiger partial charge in [-0.3, -0.25) is 4.72 Å². The van der Waals surface area contributed by atoms with Crippen molar-refractivity contribution < 1.29 is 0 Å². The fraction of sp³-hybridized carbons (Fsp3) is 0.385. The lowest BCUT2D eigenvalue weighted by Gasteiger charge is -2.08. The molecule has 2 rings (SSSR count). The Balaban J connectivity index is 2.63. The van der Waals surface area contributed by atoms with E-state index >= 15 is 0 Å². The number of benzene rings is 1. The average molecular weight is 303 g/mol. The molecular formula is C13H16Cl2N2S. The van der Waals surface area contributed by atoms with Gasteiger partial charge < -0.3 is 4.98 Å². The van der Waals surface area contributed by atoms with Crippen LogP contribution in [0.15, 0.2) is 12.1 Å². The molecule has 0 saturated heterocycles. The third kappa shape index (κ3) is 2.50. The van der Waals surface area contributed by atoms with Gasteiger partial charge in [0.05, 0.1) is 15.6 Å². The molecule has 0 bridgehead atoms.